The van der Waals surface area contributed by atoms with Crippen LogP contribution in [0.1, 0.15) is 6.92 Å². The molecule has 0 heterocycles. The molecule has 0 spiro atoms. The molecule has 0 aliphatic heterocycles. The molecule has 0 saturated carbocycles. The minimum atomic E-state index is -0.198. The van der Waals surface area contributed by atoms with Gasteiger partial charge in [-0.05, 0) is 43.3 Å². The molecule has 0 bridgehead atoms. The maximum Gasteiger partial charge on any atom is 0.237 e. The van der Waals surface area contributed by atoms with Crippen LogP contribution in [0, 0.1) is 0 Å². The number of hydrogen-bond acceptors (Lipinski definition) is 3. The van der Waals surface area contributed by atoms with Crippen molar-refractivity contribution in [1.29, 1.82) is 0 Å². The van der Waals surface area contributed by atoms with E-state index in [1.165, 1.54) is 11.8 Å². The Hall–Kier alpha value is -1.46. The molecule has 1 atom stereocenters. The number of hydrogen-bond donors (Lipinski definition) is 1. The van der Waals surface area contributed by atoms with Crippen LogP contribution in [0.25, 0.3) is 0 Å². The van der Waals surface area contributed by atoms with E-state index in [1.807, 2.05) is 55.5 Å². The molecule has 0 aliphatic carbocycles. The number of nitrogens with one attached hydrogen (secondary N) is 1. The first-order chi connectivity index (χ1) is 10.1. The highest BCUT2D eigenvalue weighted by Gasteiger charge is 2.16. The van der Waals surface area contributed by atoms with E-state index in [0.29, 0.717) is 11.4 Å². The van der Waals surface area contributed by atoms with Crippen LogP contribution in [-0.4, -0.2) is 18.3 Å². The van der Waals surface area contributed by atoms with Gasteiger partial charge in [-0.15, -0.1) is 11.8 Å². The molecular formula is C16H16BrNO2S. The fourth-order valence-electron chi connectivity index (χ4n) is 1.75. The number of thioether (sulfide) groups is 1. The van der Waals surface area contributed by atoms with Gasteiger partial charge in [-0.25, -0.2) is 0 Å². The van der Waals surface area contributed by atoms with Crippen molar-refractivity contribution in [3.63, 3.8) is 0 Å². The van der Waals surface area contributed by atoms with Crippen LogP contribution >= 0.6 is 27.7 Å². The molecule has 1 amide bonds. The van der Waals surface area contributed by atoms with Crippen molar-refractivity contribution < 1.29 is 9.53 Å². The Balaban J connectivity index is 2.01. The maximum atomic E-state index is 12.3. The Kier molecular flexibility index (Phi) is 5.70. The summed E-state index contributed by atoms with van der Waals surface area (Å²) in [5.74, 6) is 0.610. The second-order valence-electron chi connectivity index (χ2n) is 4.40. The topological polar surface area (TPSA) is 38.3 Å². The molecule has 0 aromatic heterocycles. The zero-order valence-electron chi connectivity index (χ0n) is 11.8. The molecule has 3 nitrogen and oxygen atoms in total. The van der Waals surface area contributed by atoms with Crippen molar-refractivity contribution in [2.45, 2.75) is 17.1 Å². The highest BCUT2D eigenvalue weighted by atomic mass is 79.9. The smallest absolute Gasteiger partial charge is 0.237 e. The van der Waals surface area contributed by atoms with E-state index < -0.39 is 0 Å². The molecule has 1 N–H and O–H groups in total. The van der Waals surface area contributed by atoms with Gasteiger partial charge in [-0.1, -0.05) is 28.1 Å². The largest absolute Gasteiger partial charge is 0.495 e. The summed E-state index contributed by atoms with van der Waals surface area (Å²) in [6, 6.07) is 15.3. The average molecular weight is 366 g/mol. The number of benzene rings is 2. The Morgan fingerprint density at radius 1 is 1.19 bits per heavy atom. The second-order valence-corrected chi connectivity index (χ2v) is 6.73. The Bertz CT molecular complexity index is 616. The summed E-state index contributed by atoms with van der Waals surface area (Å²) in [5, 5.41) is 2.70. The monoisotopic (exact) mass is 365 g/mol. The van der Waals surface area contributed by atoms with Gasteiger partial charge in [0.05, 0.1) is 18.0 Å². The van der Waals surface area contributed by atoms with Crippen molar-refractivity contribution in [3.05, 3.63) is 53.0 Å². The van der Waals surface area contributed by atoms with E-state index >= 15 is 0 Å². The molecule has 1 unspecified atom stereocenters. The summed E-state index contributed by atoms with van der Waals surface area (Å²) >= 11 is 4.92. The van der Waals surface area contributed by atoms with Crippen molar-refractivity contribution in [1.82, 2.24) is 0 Å². The lowest BCUT2D eigenvalue weighted by Crippen LogP contribution is -2.22. The number of carbonyl (C=O) groups is 1. The SMILES string of the molecule is COc1ccccc1NC(=O)C(C)Sc1ccc(Br)cc1. The van der Waals surface area contributed by atoms with Crippen LogP contribution in [0.3, 0.4) is 0 Å². The van der Waals surface area contributed by atoms with Crippen molar-refractivity contribution in [3.8, 4) is 5.75 Å². The van der Waals surface area contributed by atoms with Crippen LogP contribution in [0.2, 0.25) is 0 Å². The zero-order valence-corrected chi connectivity index (χ0v) is 14.2. The van der Waals surface area contributed by atoms with Gasteiger partial charge in [0.1, 0.15) is 5.75 Å². The molecule has 0 radical (unpaired) electrons. The lowest BCUT2D eigenvalue weighted by Gasteiger charge is -2.14. The van der Waals surface area contributed by atoms with Crippen LogP contribution in [0.4, 0.5) is 5.69 Å². The van der Waals surface area contributed by atoms with Gasteiger partial charge >= 0.3 is 0 Å². The van der Waals surface area contributed by atoms with Gasteiger partial charge in [0.15, 0.2) is 0 Å². The van der Waals surface area contributed by atoms with Crippen LogP contribution < -0.4 is 10.1 Å². The number of amides is 1. The highest BCUT2D eigenvalue weighted by molar-refractivity contribution is 9.10. The number of anilines is 1. The van der Waals surface area contributed by atoms with Gasteiger partial charge in [0.25, 0.3) is 0 Å². The van der Waals surface area contributed by atoms with Crippen molar-refractivity contribution in [2.24, 2.45) is 0 Å². The summed E-state index contributed by atoms with van der Waals surface area (Å²) in [6.07, 6.45) is 0. The molecule has 110 valence electrons. The minimum Gasteiger partial charge on any atom is -0.495 e. The van der Waals surface area contributed by atoms with Crippen molar-refractivity contribution in [2.75, 3.05) is 12.4 Å². The van der Waals surface area contributed by atoms with Gasteiger partial charge in [-0.3, -0.25) is 4.79 Å². The van der Waals surface area contributed by atoms with Gasteiger partial charge in [0.2, 0.25) is 5.91 Å². The van der Waals surface area contributed by atoms with E-state index in [9.17, 15) is 4.79 Å². The summed E-state index contributed by atoms with van der Waals surface area (Å²) in [6.45, 7) is 1.89. The fourth-order valence-corrected chi connectivity index (χ4v) is 2.88. The third kappa shape index (κ3) is 4.51. The van der Waals surface area contributed by atoms with Gasteiger partial charge < -0.3 is 10.1 Å². The predicted octanol–water partition coefficient (Wildman–Crippen LogP) is 4.58. The zero-order chi connectivity index (χ0) is 15.2. The molecular weight excluding hydrogens is 350 g/mol. The van der Waals surface area contributed by atoms with E-state index in [4.69, 9.17) is 4.74 Å². The van der Waals surface area contributed by atoms with E-state index in [-0.39, 0.29) is 11.2 Å². The molecule has 2 aromatic carbocycles. The second kappa shape index (κ2) is 7.52. The fraction of sp³-hybridized carbons (Fsp3) is 0.188. The van der Waals surface area contributed by atoms with E-state index in [0.717, 1.165) is 9.37 Å². The lowest BCUT2D eigenvalue weighted by atomic mass is 10.3. The molecule has 2 rings (SSSR count). The Morgan fingerprint density at radius 3 is 2.52 bits per heavy atom. The highest BCUT2D eigenvalue weighted by Crippen LogP contribution is 2.27. The number of halogens is 1. The molecule has 5 heteroatoms. The summed E-state index contributed by atoms with van der Waals surface area (Å²) < 4.78 is 6.26. The van der Waals surface area contributed by atoms with Crippen molar-refractivity contribution >= 4 is 39.3 Å². The first-order valence-corrected chi connectivity index (χ1v) is 8.13. The number of rotatable bonds is 5. The Morgan fingerprint density at radius 2 is 1.86 bits per heavy atom. The summed E-state index contributed by atoms with van der Waals surface area (Å²) in [7, 11) is 1.59. The first-order valence-electron chi connectivity index (χ1n) is 6.46. The first kappa shape index (κ1) is 15.9. The number of methoxy groups -OCH3 is 1. The standard InChI is InChI=1S/C16H16BrNO2S/c1-11(21-13-9-7-12(17)8-10-13)16(19)18-14-5-3-4-6-15(14)20-2/h3-11H,1-2H3,(H,18,19). The minimum absolute atomic E-state index is 0.0487. The Labute approximate surface area is 137 Å². The lowest BCUT2D eigenvalue weighted by molar-refractivity contribution is -0.115. The van der Waals surface area contributed by atoms with Gasteiger partial charge in [0, 0.05) is 9.37 Å². The molecule has 21 heavy (non-hydrogen) atoms. The van der Waals surface area contributed by atoms with E-state index in [2.05, 4.69) is 21.2 Å². The average Bonchev–Trinajstić information content (AvgIpc) is 2.50. The number of para-hydroxylation sites is 2. The third-order valence-corrected chi connectivity index (χ3v) is 4.50. The molecule has 2 aromatic rings. The number of carbonyl (C=O) groups excluding carboxylic acids is 1. The van der Waals surface area contributed by atoms with E-state index in [1.54, 1.807) is 7.11 Å². The summed E-state index contributed by atoms with van der Waals surface area (Å²) in [4.78, 5) is 13.3. The summed E-state index contributed by atoms with van der Waals surface area (Å²) in [5.41, 5.74) is 0.688. The normalized spacial score (nSPS) is 11.8. The molecule has 0 aliphatic rings. The van der Waals surface area contributed by atoms with Crippen LogP contribution in [0.5, 0.6) is 5.75 Å². The van der Waals surface area contributed by atoms with Crippen LogP contribution in [0.15, 0.2) is 57.9 Å². The van der Waals surface area contributed by atoms with Crippen LogP contribution in [-0.2, 0) is 4.79 Å². The molecule has 0 saturated heterocycles. The van der Waals surface area contributed by atoms with Gasteiger partial charge in [-0.2, -0.15) is 0 Å². The maximum absolute atomic E-state index is 12.3. The third-order valence-electron chi connectivity index (χ3n) is 2.86. The predicted molar refractivity (Wildman–Crippen MR) is 91.1 cm³/mol. The number of ether oxygens (including phenoxy) is 1. The molecule has 0 fully saturated rings. The quantitative estimate of drug-likeness (QED) is 0.788.